The van der Waals surface area contributed by atoms with Crippen LogP contribution >= 0.6 is 15.9 Å². The van der Waals surface area contributed by atoms with Crippen LogP contribution in [0.5, 0.6) is 0 Å². The van der Waals surface area contributed by atoms with E-state index in [1.807, 2.05) is 0 Å². The molecule has 0 saturated carbocycles. The van der Waals surface area contributed by atoms with Crippen LogP contribution in [0.2, 0.25) is 0 Å². The first-order chi connectivity index (χ1) is 7.83. The molecule has 0 fully saturated rings. The topological polar surface area (TPSA) is 0 Å². The fourth-order valence-corrected chi connectivity index (χ4v) is 2.64. The molecule has 1 aromatic carbocycles. The third kappa shape index (κ3) is 6.32. The predicted octanol–water partition coefficient (Wildman–Crippen LogP) is 5.35. The van der Waals surface area contributed by atoms with Crippen molar-refractivity contribution in [1.82, 2.24) is 0 Å². The number of rotatable bonds is 8. The minimum Gasteiger partial charge on any atom is -0.0887 e. The van der Waals surface area contributed by atoms with Gasteiger partial charge in [0.2, 0.25) is 0 Å². The van der Waals surface area contributed by atoms with Crippen LogP contribution in [-0.4, -0.2) is 4.83 Å². The molecule has 0 heterocycles. The van der Waals surface area contributed by atoms with Gasteiger partial charge in [0, 0.05) is 4.83 Å². The lowest BCUT2D eigenvalue weighted by atomic mass is 10.0. The van der Waals surface area contributed by atoms with Crippen LogP contribution in [0.3, 0.4) is 0 Å². The van der Waals surface area contributed by atoms with Crippen LogP contribution in [0.25, 0.3) is 0 Å². The fraction of sp³-hybridized carbons (Fsp3) is 0.600. The van der Waals surface area contributed by atoms with Crippen LogP contribution < -0.4 is 0 Å². The highest BCUT2D eigenvalue weighted by Crippen LogP contribution is 2.17. The SMILES string of the molecule is CCCCCCCC(Br)Cc1ccccc1. The third-order valence-corrected chi connectivity index (χ3v) is 3.70. The summed E-state index contributed by atoms with van der Waals surface area (Å²) in [6.45, 7) is 2.27. The fourth-order valence-electron chi connectivity index (χ4n) is 1.94. The maximum atomic E-state index is 3.78. The highest BCUT2D eigenvalue weighted by molar-refractivity contribution is 9.09. The molecule has 1 unspecified atom stereocenters. The van der Waals surface area contributed by atoms with E-state index in [0.29, 0.717) is 4.83 Å². The summed E-state index contributed by atoms with van der Waals surface area (Å²) in [5.74, 6) is 0. The second kappa shape index (κ2) is 8.81. The van der Waals surface area contributed by atoms with Crippen LogP contribution in [-0.2, 0) is 6.42 Å². The molecule has 1 aromatic rings. The molecule has 0 N–H and O–H groups in total. The smallest absolute Gasteiger partial charge is 0.0186 e. The van der Waals surface area contributed by atoms with E-state index in [1.165, 1.54) is 44.1 Å². The first kappa shape index (κ1) is 13.8. The Morgan fingerprint density at radius 3 is 2.38 bits per heavy atom. The average Bonchev–Trinajstić information content (AvgIpc) is 2.30. The molecular weight excluding hydrogens is 260 g/mol. The zero-order valence-electron chi connectivity index (χ0n) is 10.3. The minimum atomic E-state index is 0.650. The molecule has 1 rings (SSSR count). The van der Waals surface area contributed by atoms with Gasteiger partial charge in [-0.2, -0.15) is 0 Å². The van der Waals surface area contributed by atoms with Crippen molar-refractivity contribution in [3.05, 3.63) is 35.9 Å². The number of unbranched alkanes of at least 4 members (excludes halogenated alkanes) is 4. The summed E-state index contributed by atoms with van der Waals surface area (Å²) in [6.07, 6.45) is 9.36. The first-order valence-corrected chi connectivity index (χ1v) is 7.42. The van der Waals surface area contributed by atoms with Crippen molar-refractivity contribution < 1.29 is 0 Å². The molecule has 0 aliphatic rings. The van der Waals surface area contributed by atoms with Crippen molar-refractivity contribution in [2.75, 3.05) is 0 Å². The van der Waals surface area contributed by atoms with Gasteiger partial charge < -0.3 is 0 Å². The van der Waals surface area contributed by atoms with Gasteiger partial charge in [0.25, 0.3) is 0 Å². The van der Waals surface area contributed by atoms with Crippen molar-refractivity contribution in [2.24, 2.45) is 0 Å². The molecule has 0 spiro atoms. The van der Waals surface area contributed by atoms with E-state index < -0.39 is 0 Å². The highest BCUT2D eigenvalue weighted by Gasteiger charge is 2.04. The van der Waals surface area contributed by atoms with Gasteiger partial charge in [-0.1, -0.05) is 85.3 Å². The van der Waals surface area contributed by atoms with E-state index in [1.54, 1.807) is 0 Å². The molecule has 1 heteroatoms. The van der Waals surface area contributed by atoms with Gasteiger partial charge in [0.05, 0.1) is 0 Å². The summed E-state index contributed by atoms with van der Waals surface area (Å²) in [5, 5.41) is 0. The summed E-state index contributed by atoms with van der Waals surface area (Å²) >= 11 is 3.78. The monoisotopic (exact) mass is 282 g/mol. The molecular formula is C15H23Br. The average molecular weight is 283 g/mol. The summed E-state index contributed by atoms with van der Waals surface area (Å²) in [7, 11) is 0. The quantitative estimate of drug-likeness (QED) is 0.445. The third-order valence-electron chi connectivity index (χ3n) is 2.92. The molecule has 0 radical (unpaired) electrons. The Morgan fingerprint density at radius 2 is 1.69 bits per heavy atom. The number of benzene rings is 1. The van der Waals surface area contributed by atoms with Crippen LogP contribution in [0.4, 0.5) is 0 Å². The Kier molecular flexibility index (Phi) is 7.58. The Balaban J connectivity index is 2.09. The lowest BCUT2D eigenvalue weighted by molar-refractivity contribution is 0.598. The Bertz CT molecular complexity index is 255. The van der Waals surface area contributed by atoms with E-state index in [0.717, 1.165) is 6.42 Å². The second-order valence-corrected chi connectivity index (χ2v) is 5.78. The van der Waals surface area contributed by atoms with Crippen LogP contribution in [0.15, 0.2) is 30.3 Å². The van der Waals surface area contributed by atoms with Gasteiger partial charge >= 0.3 is 0 Å². The summed E-state index contributed by atoms with van der Waals surface area (Å²) in [6, 6.07) is 10.8. The largest absolute Gasteiger partial charge is 0.0887 e. The van der Waals surface area contributed by atoms with E-state index >= 15 is 0 Å². The molecule has 0 nitrogen and oxygen atoms in total. The molecule has 0 aromatic heterocycles. The molecule has 0 bridgehead atoms. The molecule has 90 valence electrons. The van der Waals surface area contributed by atoms with Crippen LogP contribution in [0.1, 0.15) is 51.0 Å². The van der Waals surface area contributed by atoms with E-state index in [2.05, 4.69) is 53.2 Å². The molecule has 0 saturated heterocycles. The van der Waals surface area contributed by atoms with Gasteiger partial charge in [0.15, 0.2) is 0 Å². The summed E-state index contributed by atoms with van der Waals surface area (Å²) in [5.41, 5.74) is 1.44. The Morgan fingerprint density at radius 1 is 1.00 bits per heavy atom. The zero-order chi connectivity index (χ0) is 11.6. The highest BCUT2D eigenvalue weighted by atomic mass is 79.9. The van der Waals surface area contributed by atoms with Crippen molar-refractivity contribution in [2.45, 2.75) is 56.7 Å². The van der Waals surface area contributed by atoms with Gasteiger partial charge in [-0.15, -0.1) is 0 Å². The normalized spacial score (nSPS) is 12.6. The van der Waals surface area contributed by atoms with Crippen molar-refractivity contribution in [3.8, 4) is 0 Å². The number of hydrogen-bond acceptors (Lipinski definition) is 0. The van der Waals surface area contributed by atoms with E-state index in [-0.39, 0.29) is 0 Å². The van der Waals surface area contributed by atoms with Gasteiger partial charge in [0.1, 0.15) is 0 Å². The minimum absolute atomic E-state index is 0.650. The molecule has 0 aliphatic heterocycles. The standard InChI is InChI=1S/C15H23Br/c1-2-3-4-5-9-12-15(16)13-14-10-7-6-8-11-14/h6-8,10-11,15H,2-5,9,12-13H2,1H3. The zero-order valence-corrected chi connectivity index (χ0v) is 11.9. The van der Waals surface area contributed by atoms with Crippen molar-refractivity contribution in [3.63, 3.8) is 0 Å². The Labute approximate surface area is 109 Å². The molecule has 0 aliphatic carbocycles. The van der Waals surface area contributed by atoms with E-state index in [9.17, 15) is 0 Å². The number of alkyl halides is 1. The van der Waals surface area contributed by atoms with Gasteiger partial charge in [-0.3, -0.25) is 0 Å². The Hall–Kier alpha value is -0.300. The summed E-state index contributed by atoms with van der Waals surface area (Å²) < 4.78 is 0. The maximum Gasteiger partial charge on any atom is 0.0186 e. The number of halogens is 1. The number of hydrogen-bond donors (Lipinski definition) is 0. The molecule has 16 heavy (non-hydrogen) atoms. The molecule has 0 amide bonds. The summed E-state index contributed by atoms with van der Waals surface area (Å²) in [4.78, 5) is 0.650. The predicted molar refractivity (Wildman–Crippen MR) is 76.2 cm³/mol. The van der Waals surface area contributed by atoms with Crippen molar-refractivity contribution >= 4 is 15.9 Å². The van der Waals surface area contributed by atoms with Crippen LogP contribution in [0, 0.1) is 0 Å². The lowest BCUT2D eigenvalue weighted by Gasteiger charge is -2.09. The van der Waals surface area contributed by atoms with Gasteiger partial charge in [-0.05, 0) is 18.4 Å². The molecule has 1 atom stereocenters. The first-order valence-electron chi connectivity index (χ1n) is 6.51. The van der Waals surface area contributed by atoms with Crippen molar-refractivity contribution in [1.29, 1.82) is 0 Å². The van der Waals surface area contributed by atoms with Gasteiger partial charge in [-0.25, -0.2) is 0 Å². The maximum absolute atomic E-state index is 3.78. The second-order valence-electron chi connectivity index (χ2n) is 4.49. The lowest BCUT2D eigenvalue weighted by Crippen LogP contribution is -2.02. The van der Waals surface area contributed by atoms with E-state index in [4.69, 9.17) is 0 Å².